The maximum Gasteiger partial charge on any atom is 0.0959 e. The molecule has 0 aliphatic heterocycles. The normalized spacial score (nSPS) is 24.8. The van der Waals surface area contributed by atoms with Crippen molar-refractivity contribution in [3.05, 3.63) is 16.1 Å². The largest absolute Gasteiger partial charge is 0.245 e. The number of thiazole rings is 1. The van der Waals surface area contributed by atoms with Gasteiger partial charge in [0.05, 0.1) is 23.2 Å². The zero-order chi connectivity index (χ0) is 13.2. The van der Waals surface area contributed by atoms with Crippen LogP contribution in [0.1, 0.15) is 63.1 Å². The maximum atomic E-state index is 8.68. The summed E-state index contributed by atoms with van der Waals surface area (Å²) in [5, 5.41) is 12.0. The molecule has 2 nitrogen and oxygen atoms in total. The van der Waals surface area contributed by atoms with Gasteiger partial charge in [-0.3, -0.25) is 0 Å². The van der Waals surface area contributed by atoms with Gasteiger partial charge in [0, 0.05) is 11.3 Å². The van der Waals surface area contributed by atoms with E-state index in [0.29, 0.717) is 17.8 Å². The number of hydrogen-bond acceptors (Lipinski definition) is 3. The Morgan fingerprint density at radius 1 is 1.33 bits per heavy atom. The minimum absolute atomic E-state index is 0.444. The Balaban J connectivity index is 1.95. The van der Waals surface area contributed by atoms with Crippen molar-refractivity contribution in [2.24, 2.45) is 11.3 Å². The van der Waals surface area contributed by atoms with Gasteiger partial charge in [0.25, 0.3) is 0 Å². The third kappa shape index (κ3) is 3.11. The van der Waals surface area contributed by atoms with Gasteiger partial charge in [-0.05, 0) is 37.0 Å². The zero-order valence-electron chi connectivity index (χ0n) is 11.6. The molecule has 98 valence electrons. The molecule has 1 aromatic rings. The summed E-state index contributed by atoms with van der Waals surface area (Å²) >= 11 is 1.74. The third-order valence-electron chi connectivity index (χ3n) is 4.13. The molecule has 1 aliphatic rings. The van der Waals surface area contributed by atoms with Crippen molar-refractivity contribution in [3.63, 3.8) is 0 Å². The molecule has 0 radical (unpaired) electrons. The topological polar surface area (TPSA) is 36.7 Å². The quantitative estimate of drug-likeness (QED) is 0.785. The first kappa shape index (κ1) is 13.5. The van der Waals surface area contributed by atoms with Gasteiger partial charge in [-0.25, -0.2) is 4.98 Å². The molecule has 1 fully saturated rings. The fourth-order valence-electron chi connectivity index (χ4n) is 2.88. The second kappa shape index (κ2) is 5.40. The molecule has 0 N–H and O–H groups in total. The molecule has 1 aliphatic carbocycles. The van der Waals surface area contributed by atoms with Crippen molar-refractivity contribution in [3.8, 4) is 6.07 Å². The van der Waals surface area contributed by atoms with E-state index < -0.39 is 0 Å². The van der Waals surface area contributed by atoms with Gasteiger partial charge in [-0.15, -0.1) is 11.3 Å². The Morgan fingerprint density at radius 2 is 2.00 bits per heavy atom. The minimum Gasteiger partial charge on any atom is -0.245 e. The summed E-state index contributed by atoms with van der Waals surface area (Å²) in [7, 11) is 0. The van der Waals surface area contributed by atoms with Crippen LogP contribution in [0.3, 0.4) is 0 Å². The molecule has 1 saturated carbocycles. The first-order valence-electron chi connectivity index (χ1n) is 6.82. The first-order chi connectivity index (χ1) is 8.50. The Labute approximate surface area is 114 Å². The monoisotopic (exact) mass is 262 g/mol. The van der Waals surface area contributed by atoms with Crippen LogP contribution in [0.2, 0.25) is 0 Å². The Hall–Kier alpha value is -0.880. The van der Waals surface area contributed by atoms with Gasteiger partial charge in [-0.2, -0.15) is 5.26 Å². The van der Waals surface area contributed by atoms with E-state index in [-0.39, 0.29) is 0 Å². The van der Waals surface area contributed by atoms with Crippen molar-refractivity contribution in [2.75, 3.05) is 0 Å². The van der Waals surface area contributed by atoms with E-state index in [4.69, 9.17) is 5.26 Å². The molecule has 2 rings (SSSR count). The molecule has 0 spiro atoms. The molecule has 0 saturated heterocycles. The SMILES string of the molecule is CC(C)(C)C1CCC(c2nc(CC#N)cs2)CC1. The lowest BCUT2D eigenvalue weighted by Gasteiger charge is -2.36. The van der Waals surface area contributed by atoms with Crippen LogP contribution in [0.4, 0.5) is 0 Å². The first-order valence-corrected chi connectivity index (χ1v) is 7.70. The lowest BCUT2D eigenvalue weighted by Crippen LogP contribution is -2.25. The highest BCUT2D eigenvalue weighted by atomic mass is 32.1. The van der Waals surface area contributed by atoms with E-state index in [1.807, 2.05) is 0 Å². The summed E-state index contributed by atoms with van der Waals surface area (Å²) in [6.45, 7) is 7.06. The van der Waals surface area contributed by atoms with E-state index in [1.165, 1.54) is 30.7 Å². The third-order valence-corrected chi connectivity index (χ3v) is 5.19. The molecule has 18 heavy (non-hydrogen) atoms. The molecule has 0 amide bonds. The minimum atomic E-state index is 0.444. The highest BCUT2D eigenvalue weighted by Gasteiger charge is 2.31. The van der Waals surface area contributed by atoms with Crippen molar-refractivity contribution in [2.45, 2.75) is 58.8 Å². The summed E-state index contributed by atoms with van der Waals surface area (Å²) < 4.78 is 0. The molecule has 3 heteroatoms. The molecule has 0 atom stereocenters. The lowest BCUT2D eigenvalue weighted by atomic mass is 9.70. The van der Waals surface area contributed by atoms with Crippen LogP contribution in [-0.4, -0.2) is 4.98 Å². The summed E-state index contributed by atoms with van der Waals surface area (Å²) in [5.74, 6) is 1.49. The van der Waals surface area contributed by atoms with Gasteiger partial charge in [0.2, 0.25) is 0 Å². The van der Waals surface area contributed by atoms with Crippen LogP contribution in [0.25, 0.3) is 0 Å². The van der Waals surface area contributed by atoms with E-state index in [2.05, 4.69) is 37.2 Å². The smallest absolute Gasteiger partial charge is 0.0959 e. The summed E-state index contributed by atoms with van der Waals surface area (Å²) in [5.41, 5.74) is 1.40. The molecular formula is C15H22N2S. The Morgan fingerprint density at radius 3 is 2.56 bits per heavy atom. The van der Waals surface area contributed by atoms with Gasteiger partial charge in [-0.1, -0.05) is 20.8 Å². The van der Waals surface area contributed by atoms with Crippen LogP contribution in [0.5, 0.6) is 0 Å². The van der Waals surface area contributed by atoms with Gasteiger partial charge in [0.15, 0.2) is 0 Å². The fourth-order valence-corrected chi connectivity index (χ4v) is 3.87. The van der Waals surface area contributed by atoms with Crippen LogP contribution in [0.15, 0.2) is 5.38 Å². The maximum absolute atomic E-state index is 8.68. The van der Waals surface area contributed by atoms with Crippen LogP contribution in [-0.2, 0) is 6.42 Å². The molecule has 1 aromatic heterocycles. The number of rotatable bonds is 2. The van der Waals surface area contributed by atoms with E-state index in [0.717, 1.165) is 11.6 Å². The Kier molecular flexibility index (Phi) is 4.07. The summed E-state index contributed by atoms with van der Waals surface area (Å²) in [6, 6.07) is 2.17. The van der Waals surface area contributed by atoms with Crippen LogP contribution in [0, 0.1) is 22.7 Å². The standard InChI is InChI=1S/C15H22N2S/c1-15(2,3)12-6-4-11(5-7-12)14-17-13(8-9-16)10-18-14/h10-12H,4-8H2,1-3H3. The van der Waals surface area contributed by atoms with Gasteiger partial charge in [0.1, 0.15) is 0 Å². The molecule has 1 heterocycles. The molecule has 0 aromatic carbocycles. The molecular weight excluding hydrogens is 240 g/mol. The average molecular weight is 262 g/mol. The van der Waals surface area contributed by atoms with Crippen molar-refractivity contribution < 1.29 is 0 Å². The van der Waals surface area contributed by atoms with E-state index >= 15 is 0 Å². The van der Waals surface area contributed by atoms with Crippen molar-refractivity contribution in [1.82, 2.24) is 4.98 Å². The highest BCUT2D eigenvalue weighted by molar-refractivity contribution is 7.09. The summed E-state index contributed by atoms with van der Waals surface area (Å²) in [4.78, 5) is 4.61. The van der Waals surface area contributed by atoms with E-state index in [1.54, 1.807) is 11.3 Å². The highest BCUT2D eigenvalue weighted by Crippen LogP contribution is 2.43. The molecule has 0 bridgehead atoms. The number of aromatic nitrogens is 1. The Bertz CT molecular complexity index is 428. The lowest BCUT2D eigenvalue weighted by molar-refractivity contribution is 0.169. The van der Waals surface area contributed by atoms with Gasteiger partial charge >= 0.3 is 0 Å². The van der Waals surface area contributed by atoms with Gasteiger partial charge < -0.3 is 0 Å². The second-order valence-corrected chi connectivity index (χ2v) is 7.32. The van der Waals surface area contributed by atoms with Crippen LogP contribution < -0.4 is 0 Å². The van der Waals surface area contributed by atoms with Crippen LogP contribution >= 0.6 is 11.3 Å². The zero-order valence-corrected chi connectivity index (χ0v) is 12.4. The predicted molar refractivity (Wildman–Crippen MR) is 75.6 cm³/mol. The fraction of sp³-hybridized carbons (Fsp3) is 0.733. The molecule has 0 unspecified atom stereocenters. The number of nitriles is 1. The average Bonchev–Trinajstić information content (AvgIpc) is 2.77. The number of nitrogens with zero attached hydrogens (tertiary/aromatic N) is 2. The second-order valence-electron chi connectivity index (χ2n) is 6.43. The summed E-state index contributed by atoms with van der Waals surface area (Å²) in [6.07, 6.45) is 5.62. The van der Waals surface area contributed by atoms with Crippen molar-refractivity contribution >= 4 is 11.3 Å². The predicted octanol–water partition coefficient (Wildman–Crippen LogP) is 4.53. The van der Waals surface area contributed by atoms with E-state index in [9.17, 15) is 0 Å². The van der Waals surface area contributed by atoms with Crippen molar-refractivity contribution in [1.29, 1.82) is 5.26 Å². The number of hydrogen-bond donors (Lipinski definition) is 0.